The molecule has 1 N–H and O–H groups in total. The van der Waals surface area contributed by atoms with Crippen molar-refractivity contribution in [3.05, 3.63) is 40.6 Å². The van der Waals surface area contributed by atoms with Gasteiger partial charge in [-0.05, 0) is 34.1 Å². The minimum Gasteiger partial charge on any atom is -0.493 e. The number of esters is 1. The van der Waals surface area contributed by atoms with Crippen molar-refractivity contribution in [3.63, 3.8) is 0 Å². The number of rotatable bonds is 5. The van der Waals surface area contributed by atoms with Gasteiger partial charge in [0.1, 0.15) is 5.75 Å². The molecule has 1 heterocycles. The molecule has 2 aromatic carbocycles. The van der Waals surface area contributed by atoms with E-state index >= 15 is 0 Å². The minimum absolute atomic E-state index is 0.249. The molecule has 0 bridgehead atoms. The van der Waals surface area contributed by atoms with Crippen molar-refractivity contribution in [2.24, 2.45) is 0 Å². The normalized spacial score (nSPS) is 10.6. The maximum atomic E-state index is 12.6. The molecule has 0 radical (unpaired) electrons. The highest BCUT2D eigenvalue weighted by molar-refractivity contribution is 9.10. The van der Waals surface area contributed by atoms with E-state index in [0.717, 1.165) is 11.0 Å². The van der Waals surface area contributed by atoms with Crippen LogP contribution in [0.4, 0.5) is 0 Å². The summed E-state index contributed by atoms with van der Waals surface area (Å²) in [6, 6.07) is 6.67. The summed E-state index contributed by atoms with van der Waals surface area (Å²) in [4.78, 5) is 19.7. The summed E-state index contributed by atoms with van der Waals surface area (Å²) in [6.07, 6.45) is 1.58. The molecule has 0 amide bonds. The molecule has 0 aliphatic carbocycles. The second kappa shape index (κ2) is 7.02. The smallest absolute Gasteiger partial charge is 0.344 e. The minimum atomic E-state index is -0.565. The Morgan fingerprint density at radius 1 is 1.08 bits per heavy atom. The van der Waals surface area contributed by atoms with E-state index in [-0.39, 0.29) is 5.56 Å². The number of benzene rings is 2. The van der Waals surface area contributed by atoms with Gasteiger partial charge in [-0.15, -0.1) is 0 Å². The second-order valence-electron chi connectivity index (χ2n) is 4.98. The van der Waals surface area contributed by atoms with Crippen LogP contribution in [0.2, 0.25) is 0 Å². The zero-order valence-corrected chi connectivity index (χ0v) is 15.3. The van der Waals surface area contributed by atoms with Gasteiger partial charge in [0.2, 0.25) is 5.75 Å². The maximum absolute atomic E-state index is 12.6. The van der Waals surface area contributed by atoms with E-state index in [1.807, 2.05) is 0 Å². The number of halogens is 1. The van der Waals surface area contributed by atoms with Crippen LogP contribution in [0.5, 0.6) is 23.0 Å². The van der Waals surface area contributed by atoms with E-state index in [9.17, 15) is 4.79 Å². The number of hydrogen-bond donors (Lipinski definition) is 1. The maximum Gasteiger partial charge on any atom is 0.344 e. The fraction of sp³-hybridized carbons (Fsp3) is 0.176. The summed E-state index contributed by atoms with van der Waals surface area (Å²) in [5.74, 6) is 0.913. The quantitative estimate of drug-likeness (QED) is 0.515. The second-order valence-corrected chi connectivity index (χ2v) is 5.77. The van der Waals surface area contributed by atoms with E-state index in [4.69, 9.17) is 18.9 Å². The number of aromatic amines is 1. The molecule has 0 atom stereocenters. The highest BCUT2D eigenvalue weighted by Gasteiger charge is 2.24. The molecule has 3 aromatic rings. The fourth-order valence-corrected chi connectivity index (χ4v) is 3.03. The van der Waals surface area contributed by atoms with Crippen molar-refractivity contribution in [2.45, 2.75) is 0 Å². The summed E-state index contributed by atoms with van der Waals surface area (Å²) in [5, 5.41) is 0. The molecular formula is C17H15BrN2O5. The number of nitrogens with one attached hydrogen (secondary N) is 1. The number of ether oxygens (including phenoxy) is 4. The molecule has 0 unspecified atom stereocenters. The molecule has 8 heteroatoms. The van der Waals surface area contributed by atoms with Crippen LogP contribution in [-0.2, 0) is 0 Å². The number of methoxy groups -OCH3 is 3. The summed E-state index contributed by atoms with van der Waals surface area (Å²) < 4.78 is 21.8. The van der Waals surface area contributed by atoms with Gasteiger partial charge >= 0.3 is 5.97 Å². The first-order valence-electron chi connectivity index (χ1n) is 7.22. The zero-order chi connectivity index (χ0) is 18.0. The molecule has 25 heavy (non-hydrogen) atoms. The van der Waals surface area contributed by atoms with Gasteiger partial charge in [-0.25, -0.2) is 9.78 Å². The molecule has 0 fully saturated rings. The lowest BCUT2D eigenvalue weighted by Crippen LogP contribution is -2.11. The van der Waals surface area contributed by atoms with Gasteiger partial charge < -0.3 is 23.9 Å². The number of H-pyrrole nitrogens is 1. The van der Waals surface area contributed by atoms with Gasteiger partial charge in [-0.1, -0.05) is 0 Å². The van der Waals surface area contributed by atoms with E-state index < -0.39 is 5.97 Å². The van der Waals surface area contributed by atoms with Gasteiger partial charge in [0.15, 0.2) is 11.5 Å². The Morgan fingerprint density at radius 3 is 2.52 bits per heavy atom. The lowest BCUT2D eigenvalue weighted by molar-refractivity contribution is 0.0733. The highest BCUT2D eigenvalue weighted by atomic mass is 79.9. The number of fused-ring (bicyclic) bond motifs is 1. The summed E-state index contributed by atoms with van der Waals surface area (Å²) in [7, 11) is 4.44. The first-order chi connectivity index (χ1) is 12.1. The first-order valence-corrected chi connectivity index (χ1v) is 8.02. The summed E-state index contributed by atoms with van der Waals surface area (Å²) >= 11 is 3.37. The van der Waals surface area contributed by atoms with Crippen molar-refractivity contribution in [3.8, 4) is 23.0 Å². The predicted molar refractivity (Wildman–Crippen MR) is 94.9 cm³/mol. The molecule has 0 aliphatic rings. The average Bonchev–Trinajstić information content (AvgIpc) is 3.08. The molecule has 0 saturated carbocycles. The molecule has 3 rings (SSSR count). The number of aromatic nitrogens is 2. The van der Waals surface area contributed by atoms with Crippen LogP contribution in [0.15, 0.2) is 35.1 Å². The van der Waals surface area contributed by atoms with Crippen LogP contribution in [0.3, 0.4) is 0 Å². The molecule has 7 nitrogen and oxygen atoms in total. The number of hydrogen-bond acceptors (Lipinski definition) is 6. The largest absolute Gasteiger partial charge is 0.493 e. The van der Waals surface area contributed by atoms with Gasteiger partial charge in [-0.3, -0.25) is 0 Å². The van der Waals surface area contributed by atoms with E-state index in [1.165, 1.54) is 27.4 Å². The Hall–Kier alpha value is -2.74. The number of carbonyl (C=O) groups is 1. The van der Waals surface area contributed by atoms with Crippen LogP contribution in [0, 0.1) is 0 Å². The SMILES string of the molecule is COc1cc(C(=O)Oc2ccc3nc[nH]c3c2)c(Br)c(OC)c1OC. The summed E-state index contributed by atoms with van der Waals surface area (Å²) in [5.41, 5.74) is 1.81. The van der Waals surface area contributed by atoms with Crippen molar-refractivity contribution in [2.75, 3.05) is 21.3 Å². The molecule has 130 valence electrons. The van der Waals surface area contributed by atoms with Crippen LogP contribution in [0.25, 0.3) is 11.0 Å². The molecule has 0 spiro atoms. The Bertz CT molecular complexity index is 938. The van der Waals surface area contributed by atoms with Crippen molar-refractivity contribution < 1.29 is 23.7 Å². The van der Waals surface area contributed by atoms with Crippen LogP contribution in [-0.4, -0.2) is 37.3 Å². The third-order valence-electron chi connectivity index (χ3n) is 3.59. The topological polar surface area (TPSA) is 82.7 Å². The fourth-order valence-electron chi connectivity index (χ4n) is 2.41. The zero-order valence-electron chi connectivity index (χ0n) is 13.8. The van der Waals surface area contributed by atoms with Crippen LogP contribution >= 0.6 is 15.9 Å². The Balaban J connectivity index is 1.98. The molecule has 0 aliphatic heterocycles. The van der Waals surface area contributed by atoms with Gasteiger partial charge in [0, 0.05) is 6.07 Å². The van der Waals surface area contributed by atoms with E-state index in [1.54, 1.807) is 24.5 Å². The first kappa shape index (κ1) is 17.1. The van der Waals surface area contributed by atoms with E-state index in [2.05, 4.69) is 25.9 Å². The van der Waals surface area contributed by atoms with Gasteiger partial charge in [-0.2, -0.15) is 0 Å². The number of carbonyl (C=O) groups excluding carboxylic acids is 1. The highest BCUT2D eigenvalue weighted by Crippen LogP contribution is 2.44. The van der Waals surface area contributed by atoms with Crippen LogP contribution in [0.1, 0.15) is 10.4 Å². The van der Waals surface area contributed by atoms with E-state index in [0.29, 0.717) is 27.5 Å². The van der Waals surface area contributed by atoms with Crippen LogP contribution < -0.4 is 18.9 Å². The van der Waals surface area contributed by atoms with Gasteiger partial charge in [0.05, 0.1) is 48.7 Å². The summed E-state index contributed by atoms with van der Waals surface area (Å²) in [6.45, 7) is 0. The monoisotopic (exact) mass is 406 g/mol. The third-order valence-corrected chi connectivity index (χ3v) is 4.38. The van der Waals surface area contributed by atoms with Gasteiger partial charge in [0.25, 0.3) is 0 Å². The van der Waals surface area contributed by atoms with Crippen molar-refractivity contribution >= 4 is 32.9 Å². The molecular weight excluding hydrogens is 392 g/mol. The third kappa shape index (κ3) is 3.12. The molecule has 0 saturated heterocycles. The number of nitrogens with zero attached hydrogens (tertiary/aromatic N) is 1. The molecule has 1 aromatic heterocycles. The lowest BCUT2D eigenvalue weighted by Gasteiger charge is -2.16. The Kier molecular flexibility index (Phi) is 4.80. The Labute approximate surface area is 152 Å². The van der Waals surface area contributed by atoms with Crippen molar-refractivity contribution in [1.82, 2.24) is 9.97 Å². The van der Waals surface area contributed by atoms with Crippen molar-refractivity contribution in [1.29, 1.82) is 0 Å². The average molecular weight is 407 g/mol. The standard InChI is InChI=1S/C17H15BrN2O5/c1-22-13-7-10(14(18)16(24-3)15(13)23-2)17(21)25-9-4-5-11-12(6-9)20-8-19-11/h4-8H,1-3H3,(H,19,20). The number of imidazole rings is 1. The predicted octanol–water partition coefficient (Wildman–Crippen LogP) is 3.57. The Morgan fingerprint density at radius 2 is 1.84 bits per heavy atom. The lowest BCUT2D eigenvalue weighted by atomic mass is 10.2.